The molecule has 0 unspecified atom stereocenters. The monoisotopic (exact) mass is 301 g/mol. The zero-order valence-corrected chi connectivity index (χ0v) is 11.9. The summed E-state index contributed by atoms with van der Waals surface area (Å²) in [6, 6.07) is 8.44. The molecular weight excluding hydrogens is 285 g/mol. The number of aromatic nitrogens is 2. The van der Waals surface area contributed by atoms with E-state index in [4.69, 9.17) is 0 Å². The third-order valence-electron chi connectivity index (χ3n) is 3.61. The first-order valence-corrected chi connectivity index (χ1v) is 7.05. The number of piperazine rings is 1. The first-order valence-electron chi connectivity index (χ1n) is 7.05. The third-order valence-corrected chi connectivity index (χ3v) is 3.61. The topological polar surface area (TPSA) is 61.4 Å². The predicted octanol–water partition coefficient (Wildman–Crippen LogP) is 1.51. The number of anilines is 3. The van der Waals surface area contributed by atoms with E-state index in [1.54, 1.807) is 18.3 Å². The molecule has 7 heteroatoms. The number of hydrogen-bond donors (Lipinski definition) is 1. The molecule has 1 aliphatic rings. The molecule has 0 saturated carbocycles. The Hall–Kier alpha value is -2.70. The highest BCUT2D eigenvalue weighted by Gasteiger charge is 2.19. The summed E-state index contributed by atoms with van der Waals surface area (Å²) >= 11 is 0. The Balaban J connectivity index is 1.66. The minimum absolute atomic E-state index is 0.222. The normalized spacial score (nSPS) is 14.8. The summed E-state index contributed by atoms with van der Waals surface area (Å²) in [5.41, 5.74) is 0.894. The zero-order chi connectivity index (χ0) is 15.4. The lowest BCUT2D eigenvalue weighted by Crippen LogP contribution is -2.46. The quantitative estimate of drug-likeness (QED) is 0.867. The van der Waals surface area contributed by atoms with Gasteiger partial charge in [-0.3, -0.25) is 10.1 Å². The number of amides is 1. The first-order chi connectivity index (χ1) is 10.8. The molecule has 114 valence electrons. The Morgan fingerprint density at radius 3 is 2.64 bits per heavy atom. The van der Waals surface area contributed by atoms with Gasteiger partial charge in [0.1, 0.15) is 11.6 Å². The van der Waals surface area contributed by atoms with Crippen LogP contribution in [-0.2, 0) is 4.79 Å². The average Bonchev–Trinajstić information content (AvgIpc) is 2.56. The number of nitrogens with one attached hydrogen (secondary N) is 1. The lowest BCUT2D eigenvalue weighted by molar-refractivity contribution is -0.105. The summed E-state index contributed by atoms with van der Waals surface area (Å²) in [6.45, 7) is 3.11. The van der Waals surface area contributed by atoms with E-state index in [1.807, 2.05) is 12.1 Å². The molecule has 1 amide bonds. The van der Waals surface area contributed by atoms with Crippen LogP contribution >= 0.6 is 0 Å². The van der Waals surface area contributed by atoms with E-state index < -0.39 is 0 Å². The van der Waals surface area contributed by atoms with Gasteiger partial charge in [-0.1, -0.05) is 6.07 Å². The van der Waals surface area contributed by atoms with Gasteiger partial charge in [-0.05, 0) is 24.3 Å². The van der Waals surface area contributed by atoms with E-state index in [1.165, 1.54) is 6.07 Å². The highest BCUT2D eigenvalue weighted by molar-refractivity contribution is 5.67. The second-order valence-corrected chi connectivity index (χ2v) is 4.95. The zero-order valence-electron chi connectivity index (χ0n) is 11.9. The molecule has 1 aromatic carbocycles. The maximum atomic E-state index is 13.3. The SMILES string of the molecule is O=CNc1nccc(N2CCN(c3cccc(F)c3)CC2)n1. The van der Waals surface area contributed by atoms with Crippen LogP contribution in [0.15, 0.2) is 36.5 Å². The summed E-state index contributed by atoms with van der Waals surface area (Å²) in [4.78, 5) is 23.0. The highest BCUT2D eigenvalue weighted by atomic mass is 19.1. The van der Waals surface area contributed by atoms with Gasteiger partial charge in [0.2, 0.25) is 12.4 Å². The molecule has 0 atom stereocenters. The standard InChI is InChI=1S/C15H16FN5O/c16-12-2-1-3-13(10-12)20-6-8-21(9-7-20)14-4-5-17-15(19-14)18-11-22/h1-5,10-11H,6-9H2,(H,17,18,19,22). The van der Waals surface area contributed by atoms with Gasteiger partial charge >= 0.3 is 0 Å². The summed E-state index contributed by atoms with van der Waals surface area (Å²) in [5, 5.41) is 2.45. The number of carbonyl (C=O) groups is 1. The Kier molecular flexibility index (Phi) is 4.13. The summed E-state index contributed by atoms with van der Waals surface area (Å²) in [7, 11) is 0. The van der Waals surface area contributed by atoms with Crippen LogP contribution in [-0.4, -0.2) is 42.6 Å². The van der Waals surface area contributed by atoms with Crippen LogP contribution in [0, 0.1) is 5.82 Å². The Labute approximate surface area is 127 Å². The Bertz CT molecular complexity index is 658. The van der Waals surface area contributed by atoms with E-state index in [-0.39, 0.29) is 5.82 Å². The molecule has 2 heterocycles. The van der Waals surface area contributed by atoms with Gasteiger partial charge in [0.15, 0.2) is 0 Å². The fourth-order valence-corrected chi connectivity index (χ4v) is 2.51. The highest BCUT2D eigenvalue weighted by Crippen LogP contribution is 2.20. The van der Waals surface area contributed by atoms with Crippen molar-refractivity contribution in [3.63, 3.8) is 0 Å². The van der Waals surface area contributed by atoms with Crippen molar-refractivity contribution in [3.05, 3.63) is 42.3 Å². The van der Waals surface area contributed by atoms with E-state index in [9.17, 15) is 9.18 Å². The van der Waals surface area contributed by atoms with Crippen LogP contribution in [0.1, 0.15) is 0 Å². The van der Waals surface area contributed by atoms with E-state index >= 15 is 0 Å². The molecular formula is C15H16FN5O. The summed E-state index contributed by atoms with van der Waals surface area (Å²) in [6.07, 6.45) is 2.17. The average molecular weight is 301 g/mol. The second-order valence-electron chi connectivity index (χ2n) is 4.95. The van der Waals surface area contributed by atoms with Gasteiger partial charge in [0.05, 0.1) is 0 Å². The molecule has 1 saturated heterocycles. The van der Waals surface area contributed by atoms with Crippen molar-refractivity contribution in [3.8, 4) is 0 Å². The predicted molar refractivity (Wildman–Crippen MR) is 82.5 cm³/mol. The van der Waals surface area contributed by atoms with Crippen molar-refractivity contribution in [2.24, 2.45) is 0 Å². The van der Waals surface area contributed by atoms with E-state index in [0.29, 0.717) is 12.4 Å². The number of benzene rings is 1. The van der Waals surface area contributed by atoms with Gasteiger partial charge in [-0.2, -0.15) is 4.98 Å². The van der Waals surface area contributed by atoms with Crippen molar-refractivity contribution >= 4 is 23.9 Å². The van der Waals surface area contributed by atoms with Crippen LogP contribution in [0.2, 0.25) is 0 Å². The van der Waals surface area contributed by atoms with Crippen molar-refractivity contribution in [2.75, 3.05) is 41.3 Å². The third kappa shape index (κ3) is 3.13. The Morgan fingerprint density at radius 1 is 1.14 bits per heavy atom. The van der Waals surface area contributed by atoms with Crippen molar-refractivity contribution in [1.82, 2.24) is 9.97 Å². The lowest BCUT2D eigenvalue weighted by atomic mass is 10.2. The minimum Gasteiger partial charge on any atom is -0.368 e. The molecule has 22 heavy (non-hydrogen) atoms. The van der Waals surface area contributed by atoms with Crippen molar-refractivity contribution in [1.29, 1.82) is 0 Å². The van der Waals surface area contributed by atoms with Crippen LogP contribution in [0.5, 0.6) is 0 Å². The molecule has 1 aliphatic heterocycles. The van der Waals surface area contributed by atoms with E-state index in [0.717, 1.165) is 37.7 Å². The molecule has 1 aromatic heterocycles. The molecule has 0 bridgehead atoms. The van der Waals surface area contributed by atoms with Gasteiger partial charge in [0, 0.05) is 38.1 Å². The molecule has 1 N–H and O–H groups in total. The Morgan fingerprint density at radius 2 is 1.91 bits per heavy atom. The van der Waals surface area contributed by atoms with Gasteiger partial charge in [-0.15, -0.1) is 0 Å². The first kappa shape index (κ1) is 14.2. The maximum absolute atomic E-state index is 13.3. The maximum Gasteiger partial charge on any atom is 0.231 e. The number of hydrogen-bond acceptors (Lipinski definition) is 5. The summed E-state index contributed by atoms with van der Waals surface area (Å²) in [5.74, 6) is 0.846. The number of halogens is 1. The minimum atomic E-state index is -0.222. The largest absolute Gasteiger partial charge is 0.368 e. The molecule has 3 rings (SSSR count). The fourth-order valence-electron chi connectivity index (χ4n) is 2.51. The number of carbonyl (C=O) groups excluding carboxylic acids is 1. The van der Waals surface area contributed by atoms with Crippen LogP contribution in [0.4, 0.5) is 21.8 Å². The number of rotatable bonds is 4. The van der Waals surface area contributed by atoms with E-state index in [2.05, 4.69) is 25.1 Å². The van der Waals surface area contributed by atoms with Gasteiger partial charge in [0.25, 0.3) is 0 Å². The number of nitrogens with zero attached hydrogens (tertiary/aromatic N) is 4. The molecule has 2 aromatic rings. The lowest BCUT2D eigenvalue weighted by Gasteiger charge is -2.36. The fraction of sp³-hybridized carbons (Fsp3) is 0.267. The molecule has 0 radical (unpaired) electrons. The molecule has 0 spiro atoms. The van der Waals surface area contributed by atoms with Crippen molar-refractivity contribution < 1.29 is 9.18 Å². The molecule has 6 nitrogen and oxygen atoms in total. The molecule has 0 aliphatic carbocycles. The van der Waals surface area contributed by atoms with Crippen molar-refractivity contribution in [2.45, 2.75) is 0 Å². The smallest absolute Gasteiger partial charge is 0.231 e. The van der Waals surface area contributed by atoms with Gasteiger partial charge in [-0.25, -0.2) is 9.37 Å². The molecule has 1 fully saturated rings. The summed E-state index contributed by atoms with van der Waals surface area (Å²) < 4.78 is 13.3. The van der Waals surface area contributed by atoms with Crippen LogP contribution < -0.4 is 15.1 Å². The van der Waals surface area contributed by atoms with Crippen LogP contribution in [0.25, 0.3) is 0 Å². The van der Waals surface area contributed by atoms with Gasteiger partial charge < -0.3 is 9.80 Å². The second kappa shape index (κ2) is 6.38. The van der Waals surface area contributed by atoms with Crippen LogP contribution in [0.3, 0.4) is 0 Å².